The molecular weight excluding hydrogens is 310 g/mol. The number of rotatable bonds is 5. The minimum Gasteiger partial charge on any atom is -0.469 e. The fourth-order valence-corrected chi connectivity index (χ4v) is 2.40. The van der Waals surface area contributed by atoms with Crippen LogP contribution in [0, 0.1) is 6.92 Å². The van der Waals surface area contributed by atoms with Crippen molar-refractivity contribution in [3.05, 3.63) is 28.8 Å². The Morgan fingerprint density at radius 1 is 1.44 bits per heavy atom. The molecule has 0 unspecified atom stereocenters. The summed E-state index contributed by atoms with van der Waals surface area (Å²) in [4.78, 5) is 11.3. The van der Waals surface area contributed by atoms with Crippen LogP contribution in [-0.2, 0) is 21.3 Å². The van der Waals surface area contributed by atoms with Crippen LogP contribution in [0.2, 0.25) is 0 Å². The molecule has 0 heterocycles. The highest BCUT2D eigenvalue weighted by Gasteiger charge is 2.14. The van der Waals surface area contributed by atoms with Crippen molar-refractivity contribution in [2.24, 2.45) is 0 Å². The molecule has 0 saturated carbocycles. The van der Waals surface area contributed by atoms with E-state index < -0.39 is 12.6 Å². The number of aryl methyl sites for hydroxylation is 1. The number of carbonyl (C=O) groups excluding carboxylic acids is 1. The lowest BCUT2D eigenvalue weighted by Gasteiger charge is -2.13. The third-order valence-electron chi connectivity index (χ3n) is 2.46. The average Bonchev–Trinajstić information content (AvgIpc) is 2.27. The molecule has 0 saturated heterocycles. The number of benzene rings is 1. The second-order valence-corrected chi connectivity index (χ2v) is 4.20. The first-order valence-electron chi connectivity index (χ1n) is 5.18. The molecule has 0 bridgehead atoms. The van der Waals surface area contributed by atoms with E-state index in [9.17, 15) is 13.6 Å². The second kappa shape index (κ2) is 6.68. The molecule has 100 valence electrons. The van der Waals surface area contributed by atoms with Gasteiger partial charge >= 0.3 is 12.6 Å². The first kappa shape index (κ1) is 14.9. The summed E-state index contributed by atoms with van der Waals surface area (Å²) in [5.41, 5.74) is 2.28. The predicted molar refractivity (Wildman–Crippen MR) is 66.2 cm³/mol. The maximum Gasteiger partial charge on any atom is 0.387 e. The third-order valence-corrected chi connectivity index (χ3v) is 3.02. The van der Waals surface area contributed by atoms with E-state index in [1.807, 2.05) is 0 Å². The van der Waals surface area contributed by atoms with Crippen molar-refractivity contribution < 1.29 is 23.0 Å². The first-order chi connectivity index (χ1) is 8.47. The molecule has 0 aromatic heterocycles. The van der Waals surface area contributed by atoms with Crippen LogP contribution >= 0.6 is 15.9 Å². The van der Waals surface area contributed by atoms with Crippen molar-refractivity contribution in [2.75, 3.05) is 7.11 Å². The van der Waals surface area contributed by atoms with Crippen molar-refractivity contribution in [1.29, 1.82) is 0 Å². The largest absolute Gasteiger partial charge is 0.469 e. The van der Waals surface area contributed by atoms with Crippen molar-refractivity contribution in [3.8, 4) is 5.75 Å². The Balaban J connectivity index is 3.10. The Labute approximate surface area is 112 Å². The van der Waals surface area contributed by atoms with E-state index in [4.69, 9.17) is 0 Å². The lowest BCUT2D eigenvalue weighted by molar-refractivity contribution is -0.139. The van der Waals surface area contributed by atoms with Gasteiger partial charge in [0.05, 0.1) is 13.5 Å². The van der Waals surface area contributed by atoms with Gasteiger partial charge in [0.2, 0.25) is 0 Å². The lowest BCUT2D eigenvalue weighted by Crippen LogP contribution is -2.09. The van der Waals surface area contributed by atoms with Crippen LogP contribution in [0.15, 0.2) is 12.1 Å². The monoisotopic (exact) mass is 322 g/mol. The second-order valence-electron chi connectivity index (χ2n) is 3.64. The number of hydrogen-bond donors (Lipinski definition) is 0. The summed E-state index contributed by atoms with van der Waals surface area (Å²) >= 11 is 3.31. The molecule has 18 heavy (non-hydrogen) atoms. The van der Waals surface area contributed by atoms with E-state index in [1.165, 1.54) is 19.2 Å². The number of halogens is 3. The predicted octanol–water partition coefficient (Wildman–Crippen LogP) is 3.21. The molecule has 3 nitrogen and oxygen atoms in total. The minimum atomic E-state index is -2.88. The molecule has 0 N–H and O–H groups in total. The highest BCUT2D eigenvalue weighted by molar-refractivity contribution is 9.08. The maximum atomic E-state index is 12.2. The number of esters is 1. The van der Waals surface area contributed by atoms with Crippen molar-refractivity contribution in [3.63, 3.8) is 0 Å². The molecule has 0 radical (unpaired) electrons. The zero-order valence-corrected chi connectivity index (χ0v) is 11.6. The fourth-order valence-electron chi connectivity index (χ4n) is 1.60. The van der Waals surface area contributed by atoms with Gasteiger partial charge in [0.15, 0.2) is 0 Å². The maximum absolute atomic E-state index is 12.2. The summed E-state index contributed by atoms with van der Waals surface area (Å²) < 4.78 is 33.3. The number of alkyl halides is 3. The average molecular weight is 323 g/mol. The molecule has 1 rings (SSSR count). The van der Waals surface area contributed by atoms with Crippen LogP contribution < -0.4 is 4.74 Å². The highest BCUT2D eigenvalue weighted by atomic mass is 79.9. The van der Waals surface area contributed by atoms with Crippen LogP contribution in [0.1, 0.15) is 16.7 Å². The molecule has 0 aliphatic carbocycles. The Bertz CT molecular complexity index is 436. The van der Waals surface area contributed by atoms with Gasteiger partial charge in [0.1, 0.15) is 5.75 Å². The molecule has 0 aliphatic rings. The fraction of sp³-hybridized carbons (Fsp3) is 0.417. The Morgan fingerprint density at radius 3 is 2.61 bits per heavy atom. The SMILES string of the molecule is COC(=O)Cc1cc(OC(F)F)cc(C)c1CBr. The van der Waals surface area contributed by atoms with Gasteiger partial charge in [-0.3, -0.25) is 4.79 Å². The zero-order valence-electron chi connectivity index (χ0n) is 10.0. The van der Waals surface area contributed by atoms with Gasteiger partial charge in [-0.1, -0.05) is 15.9 Å². The van der Waals surface area contributed by atoms with E-state index in [1.54, 1.807) is 6.92 Å². The number of carbonyl (C=O) groups is 1. The normalized spacial score (nSPS) is 10.6. The van der Waals surface area contributed by atoms with Gasteiger partial charge in [-0.15, -0.1) is 0 Å². The number of hydrogen-bond acceptors (Lipinski definition) is 3. The van der Waals surface area contributed by atoms with E-state index in [0.29, 0.717) is 10.9 Å². The quantitative estimate of drug-likeness (QED) is 0.617. The van der Waals surface area contributed by atoms with Crippen molar-refractivity contribution in [1.82, 2.24) is 0 Å². The molecule has 0 aliphatic heterocycles. The standard InChI is InChI=1S/C12H13BrF2O3/c1-7-3-9(18-12(14)15)4-8(10(7)6-13)5-11(16)17-2/h3-4,12H,5-6H2,1-2H3. The van der Waals surface area contributed by atoms with E-state index in [2.05, 4.69) is 25.4 Å². The van der Waals surface area contributed by atoms with Crippen LogP contribution in [0.4, 0.5) is 8.78 Å². The lowest BCUT2D eigenvalue weighted by atomic mass is 10.0. The van der Waals surface area contributed by atoms with E-state index >= 15 is 0 Å². The van der Waals surface area contributed by atoms with Gasteiger partial charge in [0.25, 0.3) is 0 Å². The van der Waals surface area contributed by atoms with Crippen molar-refractivity contribution >= 4 is 21.9 Å². The number of methoxy groups -OCH3 is 1. The topological polar surface area (TPSA) is 35.5 Å². The van der Waals surface area contributed by atoms with Gasteiger partial charge in [0, 0.05) is 5.33 Å². The Morgan fingerprint density at radius 2 is 2.11 bits per heavy atom. The van der Waals surface area contributed by atoms with Crippen LogP contribution in [-0.4, -0.2) is 19.7 Å². The van der Waals surface area contributed by atoms with Crippen LogP contribution in [0.5, 0.6) is 5.75 Å². The van der Waals surface area contributed by atoms with Crippen LogP contribution in [0.25, 0.3) is 0 Å². The van der Waals surface area contributed by atoms with Gasteiger partial charge < -0.3 is 9.47 Å². The summed E-state index contributed by atoms with van der Waals surface area (Å²) in [6.45, 7) is -1.11. The minimum absolute atomic E-state index is 0.0265. The number of ether oxygens (including phenoxy) is 2. The molecule has 0 fully saturated rings. The third kappa shape index (κ3) is 3.94. The molecule has 1 aromatic rings. The summed E-state index contributed by atoms with van der Waals surface area (Å²) in [6.07, 6.45) is 0.0265. The van der Waals surface area contributed by atoms with Gasteiger partial charge in [-0.25, -0.2) is 0 Å². The zero-order chi connectivity index (χ0) is 13.7. The van der Waals surface area contributed by atoms with E-state index in [-0.39, 0.29) is 12.2 Å². The van der Waals surface area contributed by atoms with Gasteiger partial charge in [-0.05, 0) is 35.7 Å². The summed E-state index contributed by atoms with van der Waals surface area (Å²) in [5, 5.41) is 0.528. The van der Waals surface area contributed by atoms with Crippen molar-refractivity contribution in [2.45, 2.75) is 25.3 Å². The summed E-state index contributed by atoms with van der Waals surface area (Å²) in [5.74, 6) is -0.378. The Kier molecular flexibility index (Phi) is 5.53. The summed E-state index contributed by atoms with van der Waals surface area (Å²) in [7, 11) is 1.28. The summed E-state index contributed by atoms with van der Waals surface area (Å²) in [6, 6.07) is 2.95. The Hall–Kier alpha value is -1.17. The first-order valence-corrected chi connectivity index (χ1v) is 6.30. The molecule has 0 spiro atoms. The molecule has 1 aromatic carbocycles. The molecule has 0 amide bonds. The smallest absolute Gasteiger partial charge is 0.387 e. The molecule has 6 heteroatoms. The van der Waals surface area contributed by atoms with Crippen LogP contribution in [0.3, 0.4) is 0 Å². The molecular formula is C12H13BrF2O3. The van der Waals surface area contributed by atoms with Gasteiger partial charge in [-0.2, -0.15) is 8.78 Å². The molecule has 0 atom stereocenters. The van der Waals surface area contributed by atoms with E-state index in [0.717, 1.165) is 11.1 Å². The highest BCUT2D eigenvalue weighted by Crippen LogP contribution is 2.26.